The SMILES string of the molecule is COc1c(CC2CCNC2)ccc(F)c1Br. The van der Waals surface area contributed by atoms with E-state index >= 15 is 0 Å². The first-order valence-electron chi connectivity index (χ1n) is 5.44. The minimum absolute atomic E-state index is 0.273. The lowest BCUT2D eigenvalue weighted by Crippen LogP contribution is -2.11. The lowest BCUT2D eigenvalue weighted by Gasteiger charge is -2.14. The van der Waals surface area contributed by atoms with E-state index in [0.717, 1.165) is 25.1 Å². The van der Waals surface area contributed by atoms with E-state index in [1.165, 1.54) is 12.5 Å². The van der Waals surface area contributed by atoms with E-state index in [2.05, 4.69) is 21.2 Å². The fraction of sp³-hybridized carbons (Fsp3) is 0.500. The van der Waals surface area contributed by atoms with Gasteiger partial charge in [0.05, 0.1) is 11.6 Å². The van der Waals surface area contributed by atoms with Crippen LogP contribution in [-0.2, 0) is 6.42 Å². The molecule has 0 spiro atoms. The summed E-state index contributed by atoms with van der Waals surface area (Å²) in [6.45, 7) is 2.12. The van der Waals surface area contributed by atoms with E-state index in [1.807, 2.05) is 6.07 Å². The van der Waals surface area contributed by atoms with Crippen LogP contribution in [0.3, 0.4) is 0 Å². The molecule has 0 amide bonds. The number of ether oxygens (including phenoxy) is 1. The van der Waals surface area contributed by atoms with Crippen molar-refractivity contribution in [1.29, 1.82) is 0 Å². The van der Waals surface area contributed by atoms with Crippen LogP contribution in [0, 0.1) is 11.7 Å². The second-order valence-corrected chi connectivity index (χ2v) is 4.91. The monoisotopic (exact) mass is 287 g/mol. The molecule has 88 valence electrons. The van der Waals surface area contributed by atoms with Gasteiger partial charge in [0.1, 0.15) is 11.6 Å². The molecule has 0 radical (unpaired) electrons. The van der Waals surface area contributed by atoms with Crippen LogP contribution < -0.4 is 10.1 Å². The first-order chi connectivity index (χ1) is 7.72. The van der Waals surface area contributed by atoms with Gasteiger partial charge in [-0.1, -0.05) is 6.07 Å². The Bertz CT molecular complexity index is 378. The largest absolute Gasteiger partial charge is 0.495 e. The number of benzene rings is 1. The lowest BCUT2D eigenvalue weighted by molar-refractivity contribution is 0.398. The van der Waals surface area contributed by atoms with E-state index in [-0.39, 0.29) is 5.82 Å². The minimum atomic E-state index is -0.273. The first-order valence-corrected chi connectivity index (χ1v) is 6.23. The van der Waals surface area contributed by atoms with Crippen LogP contribution >= 0.6 is 15.9 Å². The van der Waals surface area contributed by atoms with E-state index in [0.29, 0.717) is 16.1 Å². The van der Waals surface area contributed by atoms with Gasteiger partial charge in [-0.15, -0.1) is 0 Å². The second kappa shape index (κ2) is 5.15. The van der Waals surface area contributed by atoms with Gasteiger partial charge in [0, 0.05) is 0 Å². The summed E-state index contributed by atoms with van der Waals surface area (Å²) in [5, 5.41) is 3.33. The summed E-state index contributed by atoms with van der Waals surface area (Å²) >= 11 is 3.22. The zero-order valence-electron chi connectivity index (χ0n) is 9.22. The van der Waals surface area contributed by atoms with Crippen LogP contribution in [0.25, 0.3) is 0 Å². The fourth-order valence-electron chi connectivity index (χ4n) is 2.15. The predicted molar refractivity (Wildman–Crippen MR) is 65.3 cm³/mol. The Hall–Kier alpha value is -0.610. The highest BCUT2D eigenvalue weighted by molar-refractivity contribution is 9.10. The molecule has 2 rings (SSSR count). The number of rotatable bonds is 3. The molecule has 1 aliphatic rings. The molecule has 4 heteroatoms. The van der Waals surface area contributed by atoms with Crippen molar-refractivity contribution >= 4 is 15.9 Å². The number of nitrogens with one attached hydrogen (secondary N) is 1. The molecule has 1 atom stereocenters. The van der Waals surface area contributed by atoms with Crippen molar-refractivity contribution in [3.8, 4) is 5.75 Å². The van der Waals surface area contributed by atoms with Gasteiger partial charge in [0.2, 0.25) is 0 Å². The van der Waals surface area contributed by atoms with Crippen LogP contribution in [0.5, 0.6) is 5.75 Å². The summed E-state index contributed by atoms with van der Waals surface area (Å²) in [6.07, 6.45) is 2.12. The van der Waals surface area contributed by atoms with Gasteiger partial charge in [0.25, 0.3) is 0 Å². The molecule has 1 aromatic rings. The molecule has 1 unspecified atom stereocenters. The van der Waals surface area contributed by atoms with Crippen molar-refractivity contribution in [3.05, 3.63) is 28.0 Å². The Kier molecular flexibility index (Phi) is 3.82. The highest BCUT2D eigenvalue weighted by atomic mass is 79.9. The van der Waals surface area contributed by atoms with E-state index in [1.54, 1.807) is 7.11 Å². The highest BCUT2D eigenvalue weighted by Gasteiger charge is 2.19. The van der Waals surface area contributed by atoms with Crippen molar-refractivity contribution in [3.63, 3.8) is 0 Å². The number of halogens is 2. The van der Waals surface area contributed by atoms with Gasteiger partial charge in [-0.3, -0.25) is 0 Å². The molecule has 1 aliphatic heterocycles. The van der Waals surface area contributed by atoms with Gasteiger partial charge in [-0.25, -0.2) is 4.39 Å². The van der Waals surface area contributed by atoms with Crippen molar-refractivity contribution in [2.75, 3.05) is 20.2 Å². The molecule has 1 heterocycles. The van der Waals surface area contributed by atoms with Gasteiger partial charge in [-0.05, 0) is 59.4 Å². The summed E-state index contributed by atoms with van der Waals surface area (Å²) in [4.78, 5) is 0. The Morgan fingerprint density at radius 1 is 1.56 bits per heavy atom. The minimum Gasteiger partial charge on any atom is -0.495 e. The summed E-state index contributed by atoms with van der Waals surface area (Å²) in [5.74, 6) is 0.989. The third-order valence-corrected chi connectivity index (χ3v) is 3.75. The Morgan fingerprint density at radius 3 is 3.00 bits per heavy atom. The molecule has 1 N–H and O–H groups in total. The van der Waals surface area contributed by atoms with Crippen molar-refractivity contribution < 1.29 is 9.13 Å². The Labute approximate surface area is 103 Å². The molecule has 2 nitrogen and oxygen atoms in total. The average molecular weight is 288 g/mol. The Balaban J connectivity index is 2.22. The van der Waals surface area contributed by atoms with Crippen LogP contribution in [-0.4, -0.2) is 20.2 Å². The first kappa shape index (κ1) is 11.9. The van der Waals surface area contributed by atoms with Crippen LogP contribution in [0.15, 0.2) is 16.6 Å². The third kappa shape index (κ3) is 2.38. The highest BCUT2D eigenvalue weighted by Crippen LogP contribution is 2.33. The predicted octanol–water partition coefficient (Wildman–Crippen LogP) is 2.75. The number of hydrogen-bond donors (Lipinski definition) is 1. The maximum Gasteiger partial charge on any atom is 0.141 e. The third-order valence-electron chi connectivity index (χ3n) is 3.01. The van der Waals surface area contributed by atoms with E-state index in [9.17, 15) is 4.39 Å². The average Bonchev–Trinajstić information content (AvgIpc) is 2.77. The van der Waals surface area contributed by atoms with Crippen molar-refractivity contribution in [2.45, 2.75) is 12.8 Å². The van der Waals surface area contributed by atoms with Gasteiger partial charge in [0.15, 0.2) is 0 Å². The van der Waals surface area contributed by atoms with Crippen molar-refractivity contribution in [1.82, 2.24) is 5.32 Å². The maximum atomic E-state index is 13.3. The topological polar surface area (TPSA) is 21.3 Å². The molecule has 1 saturated heterocycles. The summed E-state index contributed by atoms with van der Waals surface area (Å²) in [6, 6.07) is 3.31. The molecular formula is C12H15BrFNO. The molecule has 16 heavy (non-hydrogen) atoms. The molecule has 0 aromatic heterocycles. The number of methoxy groups -OCH3 is 1. The Morgan fingerprint density at radius 2 is 2.38 bits per heavy atom. The quantitative estimate of drug-likeness (QED) is 0.923. The molecule has 1 aromatic carbocycles. The molecule has 1 fully saturated rings. The van der Waals surface area contributed by atoms with E-state index in [4.69, 9.17) is 4.74 Å². The molecule has 0 saturated carbocycles. The van der Waals surface area contributed by atoms with Gasteiger partial charge >= 0.3 is 0 Å². The van der Waals surface area contributed by atoms with Crippen LogP contribution in [0.1, 0.15) is 12.0 Å². The lowest BCUT2D eigenvalue weighted by atomic mass is 9.98. The second-order valence-electron chi connectivity index (χ2n) is 4.12. The normalized spacial score (nSPS) is 20.1. The molecule has 0 bridgehead atoms. The van der Waals surface area contributed by atoms with Crippen LogP contribution in [0.4, 0.5) is 4.39 Å². The standard InChI is InChI=1S/C12H15BrFNO/c1-16-12-9(2-3-10(14)11(12)13)6-8-4-5-15-7-8/h2-3,8,15H,4-7H2,1H3. The number of hydrogen-bond acceptors (Lipinski definition) is 2. The van der Waals surface area contributed by atoms with Crippen LogP contribution in [0.2, 0.25) is 0 Å². The zero-order chi connectivity index (χ0) is 11.5. The fourth-order valence-corrected chi connectivity index (χ4v) is 2.70. The zero-order valence-corrected chi connectivity index (χ0v) is 10.8. The summed E-state index contributed by atoms with van der Waals surface area (Å²) < 4.78 is 19.0. The smallest absolute Gasteiger partial charge is 0.141 e. The molecular weight excluding hydrogens is 273 g/mol. The maximum absolute atomic E-state index is 13.3. The van der Waals surface area contributed by atoms with Gasteiger partial charge < -0.3 is 10.1 Å². The summed E-state index contributed by atoms with van der Waals surface area (Å²) in [5.41, 5.74) is 1.07. The van der Waals surface area contributed by atoms with E-state index < -0.39 is 0 Å². The van der Waals surface area contributed by atoms with Gasteiger partial charge in [-0.2, -0.15) is 0 Å². The summed E-state index contributed by atoms with van der Waals surface area (Å²) in [7, 11) is 1.58. The van der Waals surface area contributed by atoms with Crippen molar-refractivity contribution in [2.24, 2.45) is 5.92 Å². The molecule has 0 aliphatic carbocycles.